The lowest BCUT2D eigenvalue weighted by atomic mass is 10.1. The second-order valence-electron chi connectivity index (χ2n) is 6.33. The molecule has 0 bridgehead atoms. The van der Waals surface area contributed by atoms with Crippen molar-refractivity contribution in [3.05, 3.63) is 65.5 Å². The van der Waals surface area contributed by atoms with Gasteiger partial charge < -0.3 is 16.0 Å². The van der Waals surface area contributed by atoms with Crippen LogP contribution in [-0.2, 0) is 6.54 Å². The van der Waals surface area contributed by atoms with Crippen LogP contribution in [0.1, 0.15) is 28.8 Å². The van der Waals surface area contributed by atoms with E-state index in [0.717, 1.165) is 18.4 Å². The third-order valence-corrected chi connectivity index (χ3v) is 4.13. The molecule has 0 aliphatic heterocycles. The normalized spacial score (nSPS) is 13.3. The summed E-state index contributed by atoms with van der Waals surface area (Å²) in [6.07, 6.45) is 2.24. The summed E-state index contributed by atoms with van der Waals surface area (Å²) in [6, 6.07) is 12.2. The van der Waals surface area contributed by atoms with Gasteiger partial charge in [0, 0.05) is 24.3 Å². The maximum atomic E-state index is 13.1. The molecule has 3 amide bonds. The van der Waals surface area contributed by atoms with Gasteiger partial charge in [-0.15, -0.1) is 0 Å². The number of carbonyl (C=O) groups excluding carboxylic acids is 2. The van der Waals surface area contributed by atoms with E-state index in [9.17, 15) is 14.0 Å². The molecule has 1 saturated carbocycles. The second-order valence-corrected chi connectivity index (χ2v) is 6.33. The van der Waals surface area contributed by atoms with Crippen molar-refractivity contribution < 1.29 is 14.0 Å². The van der Waals surface area contributed by atoms with Crippen molar-refractivity contribution in [3.63, 3.8) is 0 Å². The standard InChI is InChI=1S/C19H20FN3O2/c20-16-8-6-14(7-9-16)12-23(11-13-4-5-13)18(24)15-2-1-3-17(10-15)22-19(21)25/h1-3,6-10,13H,4-5,11-12H2,(H3,21,22,25). The Labute approximate surface area is 145 Å². The summed E-state index contributed by atoms with van der Waals surface area (Å²) in [5, 5.41) is 2.47. The molecule has 0 atom stereocenters. The number of nitrogens with zero attached hydrogens (tertiary/aromatic N) is 1. The number of benzene rings is 2. The molecule has 0 spiro atoms. The third kappa shape index (κ3) is 4.79. The zero-order chi connectivity index (χ0) is 17.8. The van der Waals surface area contributed by atoms with Crippen LogP contribution in [0.4, 0.5) is 14.9 Å². The van der Waals surface area contributed by atoms with Gasteiger partial charge in [0.2, 0.25) is 0 Å². The monoisotopic (exact) mass is 341 g/mol. The van der Waals surface area contributed by atoms with Gasteiger partial charge in [-0.3, -0.25) is 4.79 Å². The first-order chi connectivity index (χ1) is 12.0. The molecule has 130 valence electrons. The highest BCUT2D eigenvalue weighted by Crippen LogP contribution is 2.31. The van der Waals surface area contributed by atoms with Crippen LogP contribution in [0.5, 0.6) is 0 Å². The number of urea groups is 1. The van der Waals surface area contributed by atoms with Gasteiger partial charge in [-0.2, -0.15) is 0 Å². The molecule has 1 aliphatic carbocycles. The summed E-state index contributed by atoms with van der Waals surface area (Å²) < 4.78 is 13.1. The summed E-state index contributed by atoms with van der Waals surface area (Å²) in [7, 11) is 0. The number of rotatable bonds is 6. The van der Waals surface area contributed by atoms with Gasteiger partial charge in [0.25, 0.3) is 5.91 Å². The molecule has 3 N–H and O–H groups in total. The third-order valence-electron chi connectivity index (χ3n) is 4.13. The topological polar surface area (TPSA) is 75.4 Å². The minimum atomic E-state index is -0.675. The van der Waals surface area contributed by atoms with Crippen LogP contribution in [0.2, 0.25) is 0 Å². The van der Waals surface area contributed by atoms with Gasteiger partial charge in [-0.05, 0) is 54.7 Å². The highest BCUT2D eigenvalue weighted by atomic mass is 19.1. The maximum Gasteiger partial charge on any atom is 0.316 e. The van der Waals surface area contributed by atoms with E-state index >= 15 is 0 Å². The lowest BCUT2D eigenvalue weighted by Gasteiger charge is -2.23. The van der Waals surface area contributed by atoms with Gasteiger partial charge in [0.05, 0.1) is 0 Å². The molecule has 5 nitrogen and oxygen atoms in total. The first-order valence-corrected chi connectivity index (χ1v) is 8.21. The lowest BCUT2D eigenvalue weighted by molar-refractivity contribution is 0.0735. The smallest absolute Gasteiger partial charge is 0.316 e. The fourth-order valence-electron chi connectivity index (χ4n) is 2.70. The van der Waals surface area contributed by atoms with E-state index in [4.69, 9.17) is 5.73 Å². The van der Waals surface area contributed by atoms with E-state index < -0.39 is 6.03 Å². The predicted molar refractivity (Wildman–Crippen MR) is 93.5 cm³/mol. The van der Waals surface area contributed by atoms with Crippen LogP contribution < -0.4 is 11.1 Å². The Morgan fingerprint density at radius 1 is 1.16 bits per heavy atom. The zero-order valence-electron chi connectivity index (χ0n) is 13.7. The van der Waals surface area contributed by atoms with Crippen LogP contribution in [0.15, 0.2) is 48.5 Å². The number of anilines is 1. The Balaban J connectivity index is 1.78. The number of carbonyl (C=O) groups is 2. The van der Waals surface area contributed by atoms with Crippen LogP contribution in [0, 0.1) is 11.7 Å². The van der Waals surface area contributed by atoms with E-state index in [1.54, 1.807) is 41.3 Å². The Hall–Kier alpha value is -2.89. The Morgan fingerprint density at radius 3 is 2.52 bits per heavy atom. The zero-order valence-corrected chi connectivity index (χ0v) is 13.7. The molecule has 6 heteroatoms. The minimum Gasteiger partial charge on any atom is -0.351 e. The second kappa shape index (κ2) is 7.34. The van der Waals surface area contributed by atoms with E-state index in [1.165, 1.54) is 12.1 Å². The summed E-state index contributed by atoms with van der Waals surface area (Å²) >= 11 is 0. The molecule has 1 aliphatic rings. The highest BCUT2D eigenvalue weighted by Gasteiger charge is 2.27. The van der Waals surface area contributed by atoms with Crippen molar-refractivity contribution in [2.75, 3.05) is 11.9 Å². The number of halogens is 1. The fourth-order valence-corrected chi connectivity index (χ4v) is 2.70. The van der Waals surface area contributed by atoms with E-state index in [2.05, 4.69) is 5.32 Å². The first-order valence-electron chi connectivity index (χ1n) is 8.21. The maximum absolute atomic E-state index is 13.1. The molecule has 2 aromatic rings. The molecule has 0 heterocycles. The SMILES string of the molecule is NC(=O)Nc1cccc(C(=O)N(Cc2ccc(F)cc2)CC2CC2)c1. The van der Waals surface area contributed by atoms with Crippen LogP contribution in [0.3, 0.4) is 0 Å². The number of hydrogen-bond donors (Lipinski definition) is 2. The predicted octanol–water partition coefficient (Wildman–Crippen LogP) is 3.37. The number of hydrogen-bond acceptors (Lipinski definition) is 2. The minimum absolute atomic E-state index is 0.121. The highest BCUT2D eigenvalue weighted by molar-refractivity contribution is 5.96. The van der Waals surface area contributed by atoms with Gasteiger partial charge in [-0.25, -0.2) is 9.18 Å². The van der Waals surface area contributed by atoms with Crippen LogP contribution in [-0.4, -0.2) is 23.4 Å². The van der Waals surface area contributed by atoms with Gasteiger partial charge >= 0.3 is 6.03 Å². The number of nitrogens with one attached hydrogen (secondary N) is 1. The van der Waals surface area contributed by atoms with Gasteiger partial charge in [0.15, 0.2) is 0 Å². The first kappa shape index (κ1) is 17.0. The van der Waals surface area contributed by atoms with Crippen molar-refractivity contribution in [3.8, 4) is 0 Å². The van der Waals surface area contributed by atoms with Crippen molar-refractivity contribution in [1.82, 2.24) is 4.90 Å². The van der Waals surface area contributed by atoms with E-state index in [0.29, 0.717) is 30.3 Å². The largest absolute Gasteiger partial charge is 0.351 e. The molecule has 25 heavy (non-hydrogen) atoms. The van der Waals surface area contributed by atoms with E-state index in [1.807, 2.05) is 0 Å². The molecular formula is C19H20FN3O2. The molecule has 0 aromatic heterocycles. The number of primary amides is 1. The van der Waals surface area contributed by atoms with Crippen molar-refractivity contribution >= 4 is 17.6 Å². The fraction of sp³-hybridized carbons (Fsp3) is 0.263. The Morgan fingerprint density at radius 2 is 1.88 bits per heavy atom. The molecule has 0 saturated heterocycles. The van der Waals surface area contributed by atoms with Crippen LogP contribution >= 0.6 is 0 Å². The average Bonchev–Trinajstić information content (AvgIpc) is 3.39. The number of nitrogens with two attached hydrogens (primary N) is 1. The van der Waals surface area contributed by atoms with Crippen LogP contribution in [0.25, 0.3) is 0 Å². The van der Waals surface area contributed by atoms with E-state index in [-0.39, 0.29) is 11.7 Å². The molecule has 2 aromatic carbocycles. The summed E-state index contributed by atoms with van der Waals surface area (Å²) in [6.45, 7) is 1.09. The van der Waals surface area contributed by atoms with Crippen molar-refractivity contribution in [2.24, 2.45) is 11.7 Å². The number of amides is 3. The van der Waals surface area contributed by atoms with Gasteiger partial charge in [-0.1, -0.05) is 18.2 Å². The summed E-state index contributed by atoms with van der Waals surface area (Å²) in [4.78, 5) is 25.7. The Kier molecular flexibility index (Phi) is 4.97. The van der Waals surface area contributed by atoms with Crippen molar-refractivity contribution in [2.45, 2.75) is 19.4 Å². The molecule has 1 fully saturated rings. The van der Waals surface area contributed by atoms with Gasteiger partial charge in [0.1, 0.15) is 5.82 Å². The van der Waals surface area contributed by atoms with Crippen molar-refractivity contribution in [1.29, 1.82) is 0 Å². The lowest BCUT2D eigenvalue weighted by Crippen LogP contribution is -2.32. The Bertz CT molecular complexity index is 772. The quantitative estimate of drug-likeness (QED) is 0.845. The summed E-state index contributed by atoms with van der Waals surface area (Å²) in [5.41, 5.74) is 6.96. The molecule has 0 unspecified atom stereocenters. The molecular weight excluding hydrogens is 321 g/mol. The summed E-state index contributed by atoms with van der Waals surface area (Å²) in [5.74, 6) is 0.106. The molecule has 3 rings (SSSR count). The average molecular weight is 341 g/mol. The molecule has 0 radical (unpaired) electrons.